The van der Waals surface area contributed by atoms with E-state index in [1.165, 1.54) is 37.1 Å². The van der Waals surface area contributed by atoms with Gasteiger partial charge in [0, 0.05) is 24.5 Å². The van der Waals surface area contributed by atoms with Crippen LogP contribution in [0, 0.1) is 0 Å². The van der Waals surface area contributed by atoms with Crippen LogP contribution < -0.4 is 14.8 Å². The van der Waals surface area contributed by atoms with Gasteiger partial charge >= 0.3 is 0 Å². The summed E-state index contributed by atoms with van der Waals surface area (Å²) in [6, 6.07) is 4.10. The lowest BCUT2D eigenvalue weighted by Crippen LogP contribution is -2.30. The van der Waals surface area contributed by atoms with E-state index >= 15 is 0 Å². The Labute approximate surface area is 179 Å². The molecule has 1 aliphatic carbocycles. The molecule has 2 N–H and O–H groups in total. The molecule has 2 aliphatic rings. The quantitative estimate of drug-likeness (QED) is 0.610. The number of nitrogens with zero attached hydrogens (tertiary/aromatic N) is 2. The Morgan fingerprint density at radius 1 is 1.10 bits per heavy atom. The van der Waals surface area contributed by atoms with E-state index in [2.05, 4.69) is 16.3 Å². The third kappa shape index (κ3) is 4.81. The fourth-order valence-corrected chi connectivity index (χ4v) is 4.57. The molecule has 0 radical (unpaired) electrons. The molecule has 2 heterocycles. The van der Waals surface area contributed by atoms with Gasteiger partial charge in [-0.2, -0.15) is 0 Å². The van der Waals surface area contributed by atoms with Gasteiger partial charge in [0.05, 0.1) is 24.8 Å². The van der Waals surface area contributed by atoms with Gasteiger partial charge in [-0.25, -0.2) is 4.98 Å². The van der Waals surface area contributed by atoms with Crippen molar-refractivity contribution in [1.29, 1.82) is 0 Å². The first-order valence-electron chi connectivity index (χ1n) is 11.3. The smallest absolute Gasteiger partial charge is 0.163 e. The number of aryl methyl sites for hydroxylation is 1. The molecule has 1 aromatic carbocycles. The summed E-state index contributed by atoms with van der Waals surface area (Å²) in [5.74, 6) is 2.42. The number of benzene rings is 1. The highest BCUT2D eigenvalue weighted by Gasteiger charge is 2.23. The maximum absolute atomic E-state index is 10.1. The summed E-state index contributed by atoms with van der Waals surface area (Å²) >= 11 is 0. The Kier molecular flexibility index (Phi) is 6.34. The minimum absolute atomic E-state index is 0.466. The Hall–Kier alpha value is -2.05. The molecule has 1 aromatic heterocycles. The number of anilines is 1. The van der Waals surface area contributed by atoms with Crippen LogP contribution in [0.2, 0.25) is 0 Å². The van der Waals surface area contributed by atoms with Gasteiger partial charge in [0.25, 0.3) is 0 Å². The molecular formula is C24H35N3O3. The fourth-order valence-electron chi connectivity index (χ4n) is 4.57. The molecule has 1 aliphatic heterocycles. The first-order chi connectivity index (χ1) is 14.4. The van der Waals surface area contributed by atoms with Crippen molar-refractivity contribution in [3.63, 3.8) is 0 Å². The van der Waals surface area contributed by atoms with Crippen LogP contribution in [0.25, 0.3) is 10.9 Å². The number of methoxy groups -OCH3 is 1. The van der Waals surface area contributed by atoms with Gasteiger partial charge in [-0.1, -0.05) is 0 Å². The van der Waals surface area contributed by atoms with E-state index in [0.717, 1.165) is 60.4 Å². The van der Waals surface area contributed by atoms with Crippen molar-refractivity contribution in [1.82, 2.24) is 9.88 Å². The summed E-state index contributed by atoms with van der Waals surface area (Å²) in [5, 5.41) is 14.6. The molecule has 0 amide bonds. The lowest BCUT2D eigenvalue weighted by molar-refractivity contribution is 0.0944. The number of hydrogen-bond acceptors (Lipinski definition) is 6. The Bertz CT molecular complexity index is 886. The molecule has 0 bridgehead atoms. The standard InChI is InChI=1S/C24H35N3O3/c1-24(2,28)16-25-23-18-9-6-8-17(18)19-14-21(29-3)22(15-20(19)26-23)30-13-7-12-27-10-4-5-11-27/h14-15,28H,4-13,16H2,1-3H3,(H,25,26). The summed E-state index contributed by atoms with van der Waals surface area (Å²) < 4.78 is 11.8. The average Bonchev–Trinajstić information content (AvgIpc) is 3.40. The lowest BCUT2D eigenvalue weighted by atomic mass is 10.0. The number of rotatable bonds is 9. The van der Waals surface area contributed by atoms with Gasteiger partial charge < -0.3 is 24.8 Å². The normalized spacial score (nSPS) is 16.8. The van der Waals surface area contributed by atoms with Crippen LogP contribution in [-0.2, 0) is 12.8 Å². The summed E-state index contributed by atoms with van der Waals surface area (Å²) in [5.41, 5.74) is 2.75. The number of pyridine rings is 1. The molecule has 4 rings (SSSR count). The number of likely N-dealkylation sites (tertiary alicyclic amines) is 1. The topological polar surface area (TPSA) is 66.8 Å². The third-order valence-corrected chi connectivity index (χ3v) is 6.11. The molecule has 6 heteroatoms. The average molecular weight is 414 g/mol. The van der Waals surface area contributed by atoms with E-state index in [4.69, 9.17) is 14.5 Å². The van der Waals surface area contributed by atoms with Gasteiger partial charge in [-0.15, -0.1) is 0 Å². The zero-order chi connectivity index (χ0) is 21.1. The molecule has 0 spiro atoms. The Balaban J connectivity index is 1.55. The van der Waals surface area contributed by atoms with E-state index in [0.29, 0.717) is 13.2 Å². The van der Waals surface area contributed by atoms with Crippen LogP contribution in [0.3, 0.4) is 0 Å². The number of aliphatic hydroxyl groups is 1. The summed E-state index contributed by atoms with van der Waals surface area (Å²) in [6.45, 7) is 8.28. The van der Waals surface area contributed by atoms with Crippen molar-refractivity contribution in [3.8, 4) is 11.5 Å². The van der Waals surface area contributed by atoms with Crippen molar-refractivity contribution >= 4 is 16.7 Å². The number of hydrogen-bond donors (Lipinski definition) is 2. The molecule has 0 unspecified atom stereocenters. The van der Waals surface area contributed by atoms with Gasteiger partial charge in [0.15, 0.2) is 11.5 Å². The van der Waals surface area contributed by atoms with Gasteiger partial charge in [-0.3, -0.25) is 0 Å². The maximum atomic E-state index is 10.1. The van der Waals surface area contributed by atoms with E-state index < -0.39 is 5.60 Å². The second-order valence-electron chi connectivity index (χ2n) is 9.21. The molecule has 30 heavy (non-hydrogen) atoms. The van der Waals surface area contributed by atoms with Crippen molar-refractivity contribution in [2.24, 2.45) is 0 Å². The molecule has 1 fully saturated rings. The molecule has 1 saturated heterocycles. The number of ether oxygens (including phenoxy) is 2. The van der Waals surface area contributed by atoms with Crippen LogP contribution in [0.5, 0.6) is 11.5 Å². The van der Waals surface area contributed by atoms with E-state index in [1.54, 1.807) is 21.0 Å². The van der Waals surface area contributed by atoms with Crippen molar-refractivity contribution < 1.29 is 14.6 Å². The van der Waals surface area contributed by atoms with Crippen molar-refractivity contribution in [2.45, 2.75) is 58.0 Å². The van der Waals surface area contributed by atoms with Gasteiger partial charge in [-0.05, 0) is 82.7 Å². The highest BCUT2D eigenvalue weighted by Crippen LogP contribution is 2.39. The minimum atomic E-state index is -0.786. The lowest BCUT2D eigenvalue weighted by Gasteiger charge is -2.21. The van der Waals surface area contributed by atoms with Crippen molar-refractivity contribution in [2.75, 3.05) is 45.2 Å². The van der Waals surface area contributed by atoms with Crippen molar-refractivity contribution in [3.05, 3.63) is 23.3 Å². The summed E-state index contributed by atoms with van der Waals surface area (Å²) in [6.07, 6.45) is 6.84. The molecule has 6 nitrogen and oxygen atoms in total. The van der Waals surface area contributed by atoms with Gasteiger partial charge in [0.2, 0.25) is 0 Å². The Morgan fingerprint density at radius 3 is 2.60 bits per heavy atom. The molecule has 2 aromatic rings. The molecule has 0 atom stereocenters. The molecule has 0 saturated carbocycles. The number of nitrogens with one attached hydrogen (secondary N) is 1. The van der Waals surface area contributed by atoms with Crippen LogP contribution in [0.15, 0.2) is 12.1 Å². The second kappa shape index (κ2) is 8.98. The molecule has 164 valence electrons. The van der Waals surface area contributed by atoms with E-state index in [9.17, 15) is 5.11 Å². The molecular weight excluding hydrogens is 378 g/mol. The number of fused-ring (bicyclic) bond motifs is 3. The first kappa shape index (κ1) is 21.2. The van der Waals surface area contributed by atoms with Crippen LogP contribution in [-0.4, -0.2) is 60.5 Å². The third-order valence-electron chi connectivity index (χ3n) is 6.11. The minimum Gasteiger partial charge on any atom is -0.493 e. The Morgan fingerprint density at radius 2 is 1.87 bits per heavy atom. The largest absolute Gasteiger partial charge is 0.493 e. The zero-order valence-corrected chi connectivity index (χ0v) is 18.6. The highest BCUT2D eigenvalue weighted by atomic mass is 16.5. The summed E-state index contributed by atoms with van der Waals surface area (Å²) in [4.78, 5) is 7.42. The van der Waals surface area contributed by atoms with E-state index in [1.807, 2.05) is 6.07 Å². The SMILES string of the molecule is COc1cc2c3c(c(NCC(C)(C)O)nc2cc1OCCCN1CCCC1)CCC3. The monoisotopic (exact) mass is 413 g/mol. The predicted molar refractivity (Wildman–Crippen MR) is 121 cm³/mol. The van der Waals surface area contributed by atoms with E-state index in [-0.39, 0.29) is 0 Å². The first-order valence-corrected chi connectivity index (χ1v) is 11.3. The highest BCUT2D eigenvalue weighted by molar-refractivity contribution is 5.89. The fraction of sp³-hybridized carbons (Fsp3) is 0.625. The predicted octanol–water partition coefficient (Wildman–Crippen LogP) is 3.78. The zero-order valence-electron chi connectivity index (χ0n) is 18.6. The van der Waals surface area contributed by atoms with Crippen LogP contribution in [0.1, 0.15) is 50.7 Å². The van der Waals surface area contributed by atoms with Crippen LogP contribution >= 0.6 is 0 Å². The van der Waals surface area contributed by atoms with Gasteiger partial charge in [0.1, 0.15) is 5.82 Å². The number of aromatic nitrogens is 1. The summed E-state index contributed by atoms with van der Waals surface area (Å²) in [7, 11) is 1.70. The van der Waals surface area contributed by atoms with Crippen LogP contribution in [0.4, 0.5) is 5.82 Å². The second-order valence-corrected chi connectivity index (χ2v) is 9.21. The maximum Gasteiger partial charge on any atom is 0.163 e.